The van der Waals surface area contributed by atoms with Gasteiger partial charge in [0.1, 0.15) is 6.61 Å². The van der Waals surface area contributed by atoms with Crippen LogP contribution in [0.2, 0.25) is 0 Å². The van der Waals surface area contributed by atoms with E-state index in [0.717, 1.165) is 0 Å². The van der Waals surface area contributed by atoms with E-state index in [4.69, 9.17) is 14.2 Å². The molecule has 0 aliphatic carbocycles. The third-order valence-corrected chi connectivity index (χ3v) is 2.90. The summed E-state index contributed by atoms with van der Waals surface area (Å²) in [4.78, 5) is 22.9. The summed E-state index contributed by atoms with van der Waals surface area (Å²) in [6.07, 6.45) is 0. The van der Waals surface area contributed by atoms with Gasteiger partial charge in [-0.25, -0.2) is 0 Å². The predicted octanol–water partition coefficient (Wildman–Crippen LogP) is 2.48. The Hall–Kier alpha value is -2.04. The van der Waals surface area contributed by atoms with Crippen LogP contribution in [-0.2, 0) is 9.53 Å². The van der Waals surface area contributed by atoms with Gasteiger partial charge in [0.05, 0.1) is 19.6 Å². The SMILES string of the molecule is COC(=O)C(C)(C)COc1ccc(C(C)=O)cc1OC. The molecule has 0 saturated carbocycles. The van der Waals surface area contributed by atoms with Gasteiger partial charge < -0.3 is 14.2 Å². The molecule has 0 bridgehead atoms. The summed E-state index contributed by atoms with van der Waals surface area (Å²) in [5.41, 5.74) is -0.222. The largest absolute Gasteiger partial charge is 0.493 e. The maximum atomic E-state index is 11.6. The Morgan fingerprint density at radius 2 is 1.80 bits per heavy atom. The molecule has 5 heteroatoms. The average Bonchev–Trinajstić information content (AvgIpc) is 2.43. The van der Waals surface area contributed by atoms with Crippen molar-refractivity contribution in [2.75, 3.05) is 20.8 Å². The summed E-state index contributed by atoms with van der Waals surface area (Å²) in [7, 11) is 2.84. The van der Waals surface area contributed by atoms with Gasteiger partial charge in [-0.15, -0.1) is 0 Å². The predicted molar refractivity (Wildman–Crippen MR) is 74.3 cm³/mol. The molecule has 1 aromatic rings. The first-order valence-corrected chi connectivity index (χ1v) is 6.22. The first-order chi connectivity index (χ1) is 9.31. The lowest BCUT2D eigenvalue weighted by atomic mass is 9.95. The van der Waals surface area contributed by atoms with Crippen molar-refractivity contribution in [3.05, 3.63) is 23.8 Å². The van der Waals surface area contributed by atoms with Gasteiger partial charge in [-0.05, 0) is 39.0 Å². The maximum Gasteiger partial charge on any atom is 0.314 e. The number of methoxy groups -OCH3 is 2. The van der Waals surface area contributed by atoms with E-state index in [1.165, 1.54) is 21.1 Å². The molecule has 0 N–H and O–H groups in total. The quantitative estimate of drug-likeness (QED) is 0.591. The van der Waals surface area contributed by atoms with Gasteiger partial charge in [-0.3, -0.25) is 9.59 Å². The minimum absolute atomic E-state index is 0.0512. The smallest absolute Gasteiger partial charge is 0.314 e. The molecule has 0 amide bonds. The molecule has 5 nitrogen and oxygen atoms in total. The summed E-state index contributed by atoms with van der Waals surface area (Å²) >= 11 is 0. The molecule has 0 unspecified atom stereocenters. The van der Waals surface area contributed by atoms with E-state index >= 15 is 0 Å². The standard InChI is InChI=1S/C15H20O5/c1-10(16)11-6-7-12(13(8-11)18-4)20-9-15(2,3)14(17)19-5/h6-8H,9H2,1-5H3. The second-order valence-corrected chi connectivity index (χ2v) is 5.09. The van der Waals surface area contributed by atoms with Crippen LogP contribution in [0.25, 0.3) is 0 Å². The molecule has 0 fully saturated rings. The van der Waals surface area contributed by atoms with Crippen molar-refractivity contribution in [2.24, 2.45) is 5.41 Å². The molecular formula is C15H20O5. The first-order valence-electron chi connectivity index (χ1n) is 6.22. The normalized spacial score (nSPS) is 10.8. The highest BCUT2D eigenvalue weighted by Crippen LogP contribution is 2.30. The lowest BCUT2D eigenvalue weighted by molar-refractivity contribution is -0.152. The second kappa shape index (κ2) is 6.41. The summed E-state index contributed by atoms with van der Waals surface area (Å²) < 4.78 is 15.5. The zero-order chi connectivity index (χ0) is 15.3. The number of carbonyl (C=O) groups is 2. The van der Waals surface area contributed by atoms with E-state index < -0.39 is 5.41 Å². The molecular weight excluding hydrogens is 260 g/mol. The molecule has 110 valence electrons. The van der Waals surface area contributed by atoms with E-state index in [-0.39, 0.29) is 18.4 Å². The fourth-order valence-electron chi connectivity index (χ4n) is 1.60. The van der Waals surface area contributed by atoms with Crippen molar-refractivity contribution < 1.29 is 23.8 Å². The summed E-state index contributed by atoms with van der Waals surface area (Å²) in [5.74, 6) is 0.536. The lowest BCUT2D eigenvalue weighted by Crippen LogP contribution is -2.32. The Morgan fingerprint density at radius 1 is 1.15 bits per heavy atom. The van der Waals surface area contributed by atoms with Gasteiger partial charge >= 0.3 is 5.97 Å². The number of ether oxygens (including phenoxy) is 3. The van der Waals surface area contributed by atoms with Crippen LogP contribution in [0.4, 0.5) is 0 Å². The zero-order valence-electron chi connectivity index (χ0n) is 12.5. The van der Waals surface area contributed by atoms with E-state index in [0.29, 0.717) is 17.1 Å². The number of carbonyl (C=O) groups excluding carboxylic acids is 2. The fourth-order valence-corrected chi connectivity index (χ4v) is 1.60. The minimum atomic E-state index is -0.765. The van der Waals surface area contributed by atoms with Crippen LogP contribution in [0.3, 0.4) is 0 Å². The van der Waals surface area contributed by atoms with E-state index in [1.807, 2.05) is 0 Å². The molecule has 0 saturated heterocycles. The fraction of sp³-hybridized carbons (Fsp3) is 0.467. The topological polar surface area (TPSA) is 61.8 Å². The minimum Gasteiger partial charge on any atom is -0.493 e. The van der Waals surface area contributed by atoms with Gasteiger partial charge in [-0.1, -0.05) is 0 Å². The van der Waals surface area contributed by atoms with Crippen LogP contribution >= 0.6 is 0 Å². The third-order valence-electron chi connectivity index (χ3n) is 2.90. The summed E-state index contributed by atoms with van der Waals surface area (Å²) in [5, 5.41) is 0. The molecule has 0 spiro atoms. The van der Waals surface area contributed by atoms with Crippen LogP contribution in [0, 0.1) is 5.41 Å². The molecule has 1 aromatic carbocycles. The number of esters is 1. The van der Waals surface area contributed by atoms with Crippen molar-refractivity contribution in [1.29, 1.82) is 0 Å². The zero-order valence-corrected chi connectivity index (χ0v) is 12.5. The molecule has 1 rings (SSSR count). The molecule has 0 aliphatic rings. The number of hydrogen-bond acceptors (Lipinski definition) is 5. The first kappa shape index (κ1) is 16.0. The molecule has 0 radical (unpaired) electrons. The highest BCUT2D eigenvalue weighted by Gasteiger charge is 2.30. The van der Waals surface area contributed by atoms with Crippen molar-refractivity contribution in [3.63, 3.8) is 0 Å². The highest BCUT2D eigenvalue weighted by molar-refractivity contribution is 5.94. The van der Waals surface area contributed by atoms with Crippen molar-refractivity contribution in [3.8, 4) is 11.5 Å². The van der Waals surface area contributed by atoms with E-state index in [1.54, 1.807) is 32.0 Å². The summed E-state index contributed by atoms with van der Waals surface area (Å²) in [6, 6.07) is 4.93. The van der Waals surface area contributed by atoms with Crippen molar-refractivity contribution in [1.82, 2.24) is 0 Å². The number of Topliss-reactive ketones (excluding diaryl/α,β-unsaturated/α-hetero) is 1. The molecule has 0 aliphatic heterocycles. The Bertz CT molecular complexity index is 505. The van der Waals surface area contributed by atoms with Gasteiger partial charge in [0.25, 0.3) is 0 Å². The molecule has 0 atom stereocenters. The highest BCUT2D eigenvalue weighted by atomic mass is 16.5. The van der Waals surface area contributed by atoms with E-state index in [9.17, 15) is 9.59 Å². The lowest BCUT2D eigenvalue weighted by Gasteiger charge is -2.22. The molecule has 20 heavy (non-hydrogen) atoms. The van der Waals surface area contributed by atoms with Gasteiger partial charge in [0, 0.05) is 5.56 Å². The third kappa shape index (κ3) is 3.73. The molecule has 0 heterocycles. The monoisotopic (exact) mass is 280 g/mol. The Kier molecular flexibility index (Phi) is 5.13. The second-order valence-electron chi connectivity index (χ2n) is 5.09. The van der Waals surface area contributed by atoms with Crippen LogP contribution in [-0.4, -0.2) is 32.6 Å². The average molecular weight is 280 g/mol. The van der Waals surface area contributed by atoms with Crippen molar-refractivity contribution in [2.45, 2.75) is 20.8 Å². The van der Waals surface area contributed by atoms with Crippen LogP contribution in [0.5, 0.6) is 11.5 Å². The number of benzene rings is 1. The number of rotatable bonds is 6. The summed E-state index contributed by atoms with van der Waals surface area (Å²) in [6.45, 7) is 5.09. The van der Waals surface area contributed by atoms with Crippen molar-refractivity contribution >= 4 is 11.8 Å². The van der Waals surface area contributed by atoms with Gasteiger partial charge in [0.15, 0.2) is 17.3 Å². The Morgan fingerprint density at radius 3 is 2.30 bits per heavy atom. The van der Waals surface area contributed by atoms with Gasteiger partial charge in [0.2, 0.25) is 0 Å². The number of hydrogen-bond donors (Lipinski definition) is 0. The van der Waals surface area contributed by atoms with Crippen LogP contribution in [0.15, 0.2) is 18.2 Å². The Balaban J connectivity index is 2.88. The van der Waals surface area contributed by atoms with E-state index in [2.05, 4.69) is 0 Å². The Labute approximate surface area is 118 Å². The maximum absolute atomic E-state index is 11.6. The van der Waals surface area contributed by atoms with Crippen LogP contribution < -0.4 is 9.47 Å². The molecule has 0 aromatic heterocycles. The number of ketones is 1. The van der Waals surface area contributed by atoms with Gasteiger partial charge in [-0.2, -0.15) is 0 Å². The van der Waals surface area contributed by atoms with Crippen LogP contribution in [0.1, 0.15) is 31.1 Å².